The van der Waals surface area contributed by atoms with E-state index in [1.165, 1.54) is 4.31 Å². The van der Waals surface area contributed by atoms with Crippen molar-refractivity contribution in [1.82, 2.24) is 5.32 Å². The summed E-state index contributed by atoms with van der Waals surface area (Å²) in [5.74, 6) is -0.513. The summed E-state index contributed by atoms with van der Waals surface area (Å²) in [6.45, 7) is 0.497. The van der Waals surface area contributed by atoms with E-state index in [1.807, 2.05) is 24.3 Å². The third kappa shape index (κ3) is 5.01. The van der Waals surface area contributed by atoms with Crippen molar-refractivity contribution in [2.75, 3.05) is 10.8 Å². The first-order valence-electron chi connectivity index (χ1n) is 6.88. The Morgan fingerprint density at radius 3 is 2.26 bits per heavy atom. The van der Waals surface area contributed by atoms with E-state index in [0.29, 0.717) is 17.8 Å². The SMILES string of the molecule is NC(=O)c1ccc(N(S)C(=O)NCCc2ccc(Br)cc2)cc1. The standard InChI is InChI=1S/C16H16BrN3O2S/c17-13-5-1-11(2-6-13)9-10-19-16(22)20(23)14-7-3-12(4-8-14)15(18)21/h1-8,23H,9-10H2,(H2,18,21)(H,19,22). The molecule has 2 aromatic carbocycles. The van der Waals surface area contributed by atoms with Crippen LogP contribution in [0.4, 0.5) is 10.5 Å². The number of halogens is 1. The smallest absolute Gasteiger partial charge is 0.331 e. The summed E-state index contributed by atoms with van der Waals surface area (Å²) >= 11 is 7.55. The van der Waals surface area contributed by atoms with Crippen LogP contribution >= 0.6 is 28.7 Å². The third-order valence-corrected chi connectivity index (χ3v) is 4.13. The van der Waals surface area contributed by atoms with Gasteiger partial charge in [0.2, 0.25) is 5.91 Å². The number of hydrogen-bond donors (Lipinski definition) is 3. The van der Waals surface area contributed by atoms with Crippen molar-refractivity contribution in [3.63, 3.8) is 0 Å². The van der Waals surface area contributed by atoms with Gasteiger partial charge in [0.05, 0.1) is 5.69 Å². The Bertz CT molecular complexity index is 689. The molecule has 2 rings (SSSR count). The van der Waals surface area contributed by atoms with Gasteiger partial charge < -0.3 is 11.1 Å². The number of nitrogens with zero attached hydrogens (tertiary/aromatic N) is 1. The number of carbonyl (C=O) groups excluding carboxylic acids is 2. The molecule has 0 spiro atoms. The average molecular weight is 394 g/mol. The quantitative estimate of drug-likeness (QED) is 0.682. The van der Waals surface area contributed by atoms with Gasteiger partial charge >= 0.3 is 6.03 Å². The molecule has 3 N–H and O–H groups in total. The van der Waals surface area contributed by atoms with E-state index in [1.54, 1.807) is 24.3 Å². The summed E-state index contributed by atoms with van der Waals surface area (Å²) in [7, 11) is 0. The molecule has 3 amide bonds. The van der Waals surface area contributed by atoms with Crippen LogP contribution in [0, 0.1) is 0 Å². The molecule has 0 unspecified atom stereocenters. The first-order chi connectivity index (χ1) is 11.0. The van der Waals surface area contributed by atoms with Crippen LogP contribution in [0.15, 0.2) is 53.0 Å². The van der Waals surface area contributed by atoms with E-state index in [0.717, 1.165) is 16.5 Å². The summed E-state index contributed by atoms with van der Waals surface area (Å²) in [6.07, 6.45) is 0.723. The predicted octanol–water partition coefficient (Wildman–Crippen LogP) is 3.15. The Morgan fingerprint density at radius 2 is 1.70 bits per heavy atom. The molecule has 0 fully saturated rings. The minimum Gasteiger partial charge on any atom is -0.366 e. The zero-order chi connectivity index (χ0) is 16.8. The maximum Gasteiger partial charge on any atom is 0.331 e. The van der Waals surface area contributed by atoms with E-state index in [4.69, 9.17) is 5.73 Å². The van der Waals surface area contributed by atoms with Gasteiger partial charge in [0.1, 0.15) is 0 Å². The Kier molecular flexibility index (Phi) is 6.06. The summed E-state index contributed by atoms with van der Waals surface area (Å²) in [6, 6.07) is 13.9. The maximum absolute atomic E-state index is 12.0. The van der Waals surface area contributed by atoms with E-state index in [2.05, 4.69) is 34.1 Å². The number of carbonyl (C=O) groups is 2. The van der Waals surface area contributed by atoms with Crippen molar-refractivity contribution in [3.8, 4) is 0 Å². The molecule has 120 valence electrons. The molecule has 0 bridgehead atoms. The molecule has 5 nitrogen and oxygen atoms in total. The molecule has 2 aromatic rings. The number of benzene rings is 2. The number of amides is 3. The summed E-state index contributed by atoms with van der Waals surface area (Å²) in [5, 5.41) is 2.79. The van der Waals surface area contributed by atoms with Gasteiger partial charge in [0.15, 0.2) is 0 Å². The molecule has 0 aromatic heterocycles. The van der Waals surface area contributed by atoms with Crippen LogP contribution in [0.3, 0.4) is 0 Å². The van der Waals surface area contributed by atoms with Crippen LogP contribution in [0.25, 0.3) is 0 Å². The van der Waals surface area contributed by atoms with Crippen molar-refractivity contribution in [3.05, 3.63) is 64.1 Å². The van der Waals surface area contributed by atoms with E-state index < -0.39 is 5.91 Å². The molecule has 0 saturated carbocycles. The van der Waals surface area contributed by atoms with Crippen LogP contribution in [-0.4, -0.2) is 18.5 Å². The average Bonchev–Trinajstić information content (AvgIpc) is 2.56. The second-order valence-corrected chi connectivity index (χ2v) is 6.15. The summed E-state index contributed by atoms with van der Waals surface area (Å²) < 4.78 is 2.21. The largest absolute Gasteiger partial charge is 0.366 e. The lowest BCUT2D eigenvalue weighted by atomic mass is 10.1. The van der Waals surface area contributed by atoms with Gasteiger partial charge in [-0.1, -0.05) is 40.9 Å². The third-order valence-electron chi connectivity index (χ3n) is 3.19. The van der Waals surface area contributed by atoms with Crippen molar-refractivity contribution in [2.45, 2.75) is 6.42 Å². The fourth-order valence-electron chi connectivity index (χ4n) is 1.92. The maximum atomic E-state index is 12.0. The van der Waals surface area contributed by atoms with Gasteiger partial charge in [-0.3, -0.25) is 4.79 Å². The number of primary amides is 1. The molecule has 0 aliphatic rings. The van der Waals surface area contributed by atoms with Crippen molar-refractivity contribution in [2.24, 2.45) is 5.73 Å². The molecule has 0 atom stereocenters. The number of hydrogen-bond acceptors (Lipinski definition) is 3. The van der Waals surface area contributed by atoms with Gasteiger partial charge in [0.25, 0.3) is 0 Å². The Morgan fingerprint density at radius 1 is 1.09 bits per heavy atom. The van der Waals surface area contributed by atoms with Gasteiger partial charge in [-0.15, -0.1) is 0 Å². The second kappa shape index (κ2) is 8.03. The highest BCUT2D eigenvalue weighted by Crippen LogP contribution is 2.17. The molecule has 0 saturated heterocycles. The van der Waals surface area contributed by atoms with Crippen molar-refractivity contribution in [1.29, 1.82) is 0 Å². The number of thiol groups is 1. The molecule has 0 aliphatic carbocycles. The number of anilines is 1. The molecule has 7 heteroatoms. The number of nitrogens with one attached hydrogen (secondary N) is 1. The number of urea groups is 1. The predicted molar refractivity (Wildman–Crippen MR) is 97.7 cm³/mol. The lowest BCUT2D eigenvalue weighted by Gasteiger charge is -2.16. The lowest BCUT2D eigenvalue weighted by Crippen LogP contribution is -2.35. The minimum atomic E-state index is -0.513. The first kappa shape index (κ1) is 17.4. The Balaban J connectivity index is 1.87. The van der Waals surface area contributed by atoms with Crippen LogP contribution < -0.4 is 15.4 Å². The van der Waals surface area contributed by atoms with Crippen molar-refractivity contribution >= 4 is 46.4 Å². The highest BCUT2D eigenvalue weighted by Gasteiger charge is 2.12. The topological polar surface area (TPSA) is 75.4 Å². The number of nitrogens with two attached hydrogens (primary N) is 1. The second-order valence-electron chi connectivity index (χ2n) is 4.83. The van der Waals surface area contributed by atoms with E-state index in [9.17, 15) is 9.59 Å². The first-order valence-corrected chi connectivity index (χ1v) is 8.08. The van der Waals surface area contributed by atoms with Crippen LogP contribution in [0.2, 0.25) is 0 Å². The Hall–Kier alpha value is -1.99. The Labute approximate surface area is 148 Å². The van der Waals surface area contributed by atoms with Crippen LogP contribution in [0.5, 0.6) is 0 Å². The van der Waals surface area contributed by atoms with E-state index >= 15 is 0 Å². The van der Waals surface area contributed by atoms with Crippen molar-refractivity contribution < 1.29 is 9.59 Å². The van der Waals surface area contributed by atoms with Gasteiger partial charge in [-0.2, -0.15) is 0 Å². The van der Waals surface area contributed by atoms with Gasteiger partial charge in [-0.05, 0) is 48.4 Å². The highest BCUT2D eigenvalue weighted by atomic mass is 79.9. The molecule has 0 heterocycles. The normalized spacial score (nSPS) is 10.2. The van der Waals surface area contributed by atoms with Gasteiger partial charge in [-0.25, -0.2) is 9.10 Å². The minimum absolute atomic E-state index is 0.336. The zero-order valence-electron chi connectivity index (χ0n) is 12.2. The fraction of sp³-hybridized carbons (Fsp3) is 0.125. The monoisotopic (exact) mass is 393 g/mol. The van der Waals surface area contributed by atoms with Crippen LogP contribution in [-0.2, 0) is 6.42 Å². The fourth-order valence-corrected chi connectivity index (χ4v) is 2.39. The molecule has 23 heavy (non-hydrogen) atoms. The van der Waals surface area contributed by atoms with Gasteiger partial charge in [0, 0.05) is 16.6 Å². The van der Waals surface area contributed by atoms with E-state index in [-0.39, 0.29) is 6.03 Å². The number of rotatable bonds is 5. The lowest BCUT2D eigenvalue weighted by molar-refractivity contribution is 0.100. The van der Waals surface area contributed by atoms with Crippen LogP contribution in [0.1, 0.15) is 15.9 Å². The zero-order valence-corrected chi connectivity index (χ0v) is 14.7. The molecular formula is C16H16BrN3O2S. The molecule has 0 aliphatic heterocycles. The molecular weight excluding hydrogens is 378 g/mol. The highest BCUT2D eigenvalue weighted by molar-refractivity contribution is 9.10. The summed E-state index contributed by atoms with van der Waals surface area (Å²) in [5.41, 5.74) is 7.24. The molecule has 0 radical (unpaired) electrons. The summed E-state index contributed by atoms with van der Waals surface area (Å²) in [4.78, 5) is 23.1.